The average molecular weight is 697 g/mol. The molecule has 2 N–H and O–H groups in total. The number of hydrogen-bond donors (Lipinski definition) is 2. The van der Waals surface area contributed by atoms with Gasteiger partial charge in [-0.25, -0.2) is 14.5 Å². The van der Waals surface area contributed by atoms with Gasteiger partial charge in [0.25, 0.3) is 0 Å². The molecular weight excluding hydrogens is 653 g/mol. The normalized spacial score (nSPS) is 18.2. The van der Waals surface area contributed by atoms with Gasteiger partial charge in [0.1, 0.15) is 30.5 Å². The predicted molar refractivity (Wildman–Crippen MR) is 186 cm³/mol. The summed E-state index contributed by atoms with van der Waals surface area (Å²) in [5.41, 5.74) is 4.99. The predicted octanol–water partition coefficient (Wildman–Crippen LogP) is 6.28. The largest absolute Gasteiger partial charge is 0.494 e. The molecule has 0 saturated carbocycles. The molecule has 0 amide bonds. The number of aryl methyl sites for hydroxylation is 1. The van der Waals surface area contributed by atoms with Crippen LogP contribution >= 0.6 is 23.1 Å². The Labute approximate surface area is 273 Å². The molecule has 45 heavy (non-hydrogen) atoms. The van der Waals surface area contributed by atoms with Crippen LogP contribution in [0.2, 0.25) is 0 Å². The van der Waals surface area contributed by atoms with Crippen LogP contribution in [0, 0.1) is 18.8 Å². The number of hydrogen-bond acceptors (Lipinski definition) is 10. The Kier molecular flexibility index (Phi) is 9.10. The lowest BCUT2D eigenvalue weighted by Crippen LogP contribution is -2.44. The Morgan fingerprint density at radius 1 is 1.04 bits per heavy atom. The average Bonchev–Trinajstić information content (AvgIpc) is 3.69. The van der Waals surface area contributed by atoms with Crippen LogP contribution < -0.4 is 25.7 Å². The third-order valence-electron chi connectivity index (χ3n) is 9.21. The summed E-state index contributed by atoms with van der Waals surface area (Å²) in [4.78, 5) is 18.7. The van der Waals surface area contributed by atoms with Crippen molar-refractivity contribution in [1.82, 2.24) is 29.5 Å². The van der Waals surface area contributed by atoms with Crippen molar-refractivity contribution >= 4 is 63.0 Å². The van der Waals surface area contributed by atoms with E-state index in [2.05, 4.69) is 84.3 Å². The smallest absolute Gasteiger partial charge is 0.229 e. The maximum atomic E-state index is 13.3. The van der Waals surface area contributed by atoms with Gasteiger partial charge in [0.2, 0.25) is 5.95 Å². The quantitative estimate of drug-likeness (QED) is 0.194. The highest BCUT2D eigenvalue weighted by molar-refractivity contribution is 9.10. The van der Waals surface area contributed by atoms with Crippen molar-refractivity contribution in [3.05, 3.63) is 46.8 Å². The van der Waals surface area contributed by atoms with Gasteiger partial charge < -0.3 is 24.8 Å². The van der Waals surface area contributed by atoms with Gasteiger partial charge in [-0.2, -0.15) is 10.1 Å². The van der Waals surface area contributed by atoms with E-state index in [9.17, 15) is 4.57 Å². The van der Waals surface area contributed by atoms with Crippen LogP contribution in [-0.2, 0) is 4.57 Å². The molecule has 2 fully saturated rings. The zero-order chi connectivity index (χ0) is 31.9. The van der Waals surface area contributed by atoms with Crippen LogP contribution in [0.3, 0.4) is 0 Å². The molecule has 1 atom stereocenters. The number of likely N-dealkylation sites (tertiary alicyclic amines) is 1. The number of ether oxygens (including phenoxy) is 1. The number of anilines is 5. The van der Waals surface area contributed by atoms with Crippen LogP contribution in [0.15, 0.2) is 41.3 Å². The summed E-state index contributed by atoms with van der Waals surface area (Å²) >= 11 is 3.57. The molecule has 2 aliphatic heterocycles. The van der Waals surface area contributed by atoms with Crippen LogP contribution in [0.1, 0.15) is 38.7 Å². The van der Waals surface area contributed by atoms with E-state index in [1.807, 2.05) is 12.1 Å². The SMILES string of the molecule is COc1cc(N2CCC(N3CC[C@H](C(C)C)C3)CC2)c(C)cc1Nc1ncc(Br)c(Nc2ccc3ncnn3c2P(C)(C)=O)n1. The maximum Gasteiger partial charge on any atom is 0.229 e. The number of rotatable bonds is 9. The monoisotopic (exact) mass is 695 g/mol. The maximum absolute atomic E-state index is 13.3. The minimum absolute atomic E-state index is 0.400. The summed E-state index contributed by atoms with van der Waals surface area (Å²) < 4.78 is 21.4. The summed E-state index contributed by atoms with van der Waals surface area (Å²) in [6.07, 6.45) is 6.85. The highest BCUT2D eigenvalue weighted by Gasteiger charge is 2.32. The molecule has 0 aliphatic carbocycles. The summed E-state index contributed by atoms with van der Waals surface area (Å²) in [6, 6.07) is 8.59. The summed E-state index contributed by atoms with van der Waals surface area (Å²) in [5, 5.41) is 11.0. The first-order chi connectivity index (χ1) is 21.5. The van der Waals surface area contributed by atoms with Crippen molar-refractivity contribution in [1.29, 1.82) is 0 Å². The first-order valence-electron chi connectivity index (χ1n) is 15.6. The molecule has 0 spiro atoms. The number of nitrogens with one attached hydrogen (secondary N) is 2. The van der Waals surface area contributed by atoms with E-state index in [1.54, 1.807) is 31.2 Å². The number of benzene rings is 1. The Morgan fingerprint density at radius 2 is 1.82 bits per heavy atom. The van der Waals surface area contributed by atoms with Crippen molar-refractivity contribution in [3.63, 3.8) is 0 Å². The van der Waals surface area contributed by atoms with Gasteiger partial charge in [0.05, 0.1) is 23.0 Å². The Balaban J connectivity index is 1.19. The lowest BCUT2D eigenvalue weighted by Gasteiger charge is -2.38. The molecule has 13 heteroatoms. The van der Waals surface area contributed by atoms with Gasteiger partial charge in [-0.1, -0.05) is 13.8 Å². The molecular formula is C32H43BrN9O2P. The molecule has 11 nitrogen and oxygen atoms in total. The summed E-state index contributed by atoms with van der Waals surface area (Å²) in [5.74, 6) is 3.26. The Bertz CT molecular complexity index is 1730. The molecule has 0 radical (unpaired) electrons. The zero-order valence-electron chi connectivity index (χ0n) is 26.9. The third kappa shape index (κ3) is 6.69. The molecule has 6 rings (SSSR count). The van der Waals surface area contributed by atoms with E-state index < -0.39 is 7.14 Å². The number of methoxy groups -OCH3 is 1. The minimum atomic E-state index is -2.73. The van der Waals surface area contributed by atoms with Gasteiger partial charge in [-0.05, 0) is 97.6 Å². The fourth-order valence-corrected chi connectivity index (χ4v) is 8.31. The number of aromatic nitrogens is 5. The van der Waals surface area contributed by atoms with E-state index in [0.717, 1.165) is 36.4 Å². The molecule has 2 saturated heterocycles. The van der Waals surface area contributed by atoms with Gasteiger partial charge in [-0.3, -0.25) is 4.90 Å². The number of fused-ring (bicyclic) bond motifs is 1. The molecule has 0 unspecified atom stereocenters. The number of piperidine rings is 1. The molecule has 1 aromatic carbocycles. The Hall–Kier alpha value is -3.21. The van der Waals surface area contributed by atoms with Crippen LogP contribution in [0.5, 0.6) is 5.75 Å². The Morgan fingerprint density at radius 3 is 2.51 bits per heavy atom. The van der Waals surface area contributed by atoms with Crippen LogP contribution in [-0.4, -0.2) is 82.1 Å². The van der Waals surface area contributed by atoms with E-state index >= 15 is 0 Å². The van der Waals surface area contributed by atoms with E-state index in [1.165, 1.54) is 49.9 Å². The van der Waals surface area contributed by atoms with Gasteiger partial charge >= 0.3 is 0 Å². The topological polar surface area (TPSA) is 113 Å². The number of nitrogens with zero attached hydrogens (tertiary/aromatic N) is 7. The van der Waals surface area contributed by atoms with Gasteiger partial charge in [0.15, 0.2) is 5.65 Å². The molecule has 0 bridgehead atoms. The van der Waals surface area contributed by atoms with Gasteiger partial charge in [-0.15, -0.1) is 0 Å². The molecule has 4 aromatic rings. The molecule has 2 aliphatic rings. The van der Waals surface area contributed by atoms with Crippen LogP contribution in [0.4, 0.5) is 28.8 Å². The van der Waals surface area contributed by atoms with Crippen molar-refractivity contribution < 1.29 is 9.30 Å². The molecule has 3 aromatic heterocycles. The lowest BCUT2D eigenvalue weighted by molar-refractivity contribution is 0.194. The van der Waals surface area contributed by atoms with E-state index in [-0.39, 0.29) is 0 Å². The van der Waals surface area contributed by atoms with Crippen molar-refractivity contribution in [2.45, 2.75) is 46.1 Å². The first-order valence-corrected chi connectivity index (χ1v) is 19.0. The second-order valence-electron chi connectivity index (χ2n) is 12.9. The fraction of sp³-hybridized carbons (Fsp3) is 0.500. The highest BCUT2D eigenvalue weighted by Crippen LogP contribution is 2.40. The second kappa shape index (κ2) is 12.9. The van der Waals surface area contributed by atoms with Gasteiger partial charge in [0, 0.05) is 43.6 Å². The van der Waals surface area contributed by atoms with E-state index in [0.29, 0.717) is 39.1 Å². The van der Waals surface area contributed by atoms with Crippen LogP contribution in [0.25, 0.3) is 5.65 Å². The molecule has 240 valence electrons. The summed E-state index contributed by atoms with van der Waals surface area (Å²) in [6.45, 7) is 14.9. The first kappa shape index (κ1) is 31.8. The van der Waals surface area contributed by atoms with Crippen molar-refractivity contribution in [2.24, 2.45) is 11.8 Å². The fourth-order valence-electron chi connectivity index (χ4n) is 6.70. The zero-order valence-corrected chi connectivity index (χ0v) is 29.4. The molecule has 5 heterocycles. The van der Waals surface area contributed by atoms with Crippen molar-refractivity contribution in [2.75, 3.05) is 62.2 Å². The second-order valence-corrected chi connectivity index (χ2v) is 16.9. The lowest BCUT2D eigenvalue weighted by atomic mass is 9.95. The van der Waals surface area contributed by atoms with Crippen molar-refractivity contribution in [3.8, 4) is 5.75 Å². The number of pyridine rings is 1. The summed E-state index contributed by atoms with van der Waals surface area (Å²) in [7, 11) is -1.04. The third-order valence-corrected chi connectivity index (χ3v) is 11.2. The van der Waals surface area contributed by atoms with E-state index in [4.69, 9.17) is 9.72 Å². The standard InChI is InChI=1S/C32H43BrN9O2P/c1-20(2)22-9-12-41(18-22)23-10-13-40(14-11-23)27-16-28(44-4)26(15-21(27)3)38-32-34-17-24(33)30(39-32)37-25-7-8-29-35-19-36-42(29)31(25)45(5,6)43/h7-8,15-17,19-20,22-23H,9-14,18H2,1-6H3,(H2,34,37,38,39)/t22-/m0/s1. The number of halogens is 1. The highest BCUT2D eigenvalue weighted by atomic mass is 79.9. The minimum Gasteiger partial charge on any atom is -0.494 e.